The van der Waals surface area contributed by atoms with Crippen molar-refractivity contribution in [2.45, 2.75) is 13.1 Å². The van der Waals surface area contributed by atoms with Gasteiger partial charge >= 0.3 is 0 Å². The summed E-state index contributed by atoms with van der Waals surface area (Å²) in [5, 5.41) is 3.17. The molecule has 0 amide bonds. The van der Waals surface area contributed by atoms with Gasteiger partial charge in [-0.2, -0.15) is 0 Å². The van der Waals surface area contributed by atoms with Gasteiger partial charge in [0.1, 0.15) is 5.75 Å². The smallest absolute Gasteiger partial charge is 0.123 e. The van der Waals surface area contributed by atoms with Crippen molar-refractivity contribution in [2.24, 2.45) is 0 Å². The number of likely N-dealkylation sites (N-methyl/N-ethyl adjacent to an activating group) is 1. The first kappa shape index (κ1) is 14.3. The van der Waals surface area contributed by atoms with Gasteiger partial charge in [0.25, 0.3) is 0 Å². The Kier molecular flexibility index (Phi) is 5.19. The molecule has 1 aromatic rings. The minimum Gasteiger partial charge on any atom is -0.496 e. The zero-order valence-corrected chi connectivity index (χ0v) is 12.3. The van der Waals surface area contributed by atoms with Crippen LogP contribution in [0.25, 0.3) is 0 Å². The van der Waals surface area contributed by atoms with E-state index in [0.717, 1.165) is 45.0 Å². The number of nitrogens with zero attached hydrogens (tertiary/aromatic N) is 2. The highest BCUT2D eigenvalue weighted by atomic mass is 16.5. The van der Waals surface area contributed by atoms with Gasteiger partial charge in [0.15, 0.2) is 0 Å². The van der Waals surface area contributed by atoms with Crippen LogP contribution in [0.3, 0.4) is 0 Å². The van der Waals surface area contributed by atoms with E-state index < -0.39 is 0 Å². The lowest BCUT2D eigenvalue weighted by molar-refractivity contribution is 0.148. The third-order valence-electron chi connectivity index (χ3n) is 3.72. The van der Waals surface area contributed by atoms with Crippen LogP contribution in [0.5, 0.6) is 5.75 Å². The molecular formula is C15H25N3O. The highest BCUT2D eigenvalue weighted by Gasteiger charge is 2.14. The Morgan fingerprint density at radius 2 is 1.95 bits per heavy atom. The van der Waals surface area contributed by atoms with E-state index in [1.54, 1.807) is 7.11 Å². The topological polar surface area (TPSA) is 27.7 Å². The molecule has 1 heterocycles. The first-order chi connectivity index (χ1) is 9.22. The number of benzene rings is 1. The van der Waals surface area contributed by atoms with Crippen molar-refractivity contribution in [1.82, 2.24) is 15.1 Å². The minimum atomic E-state index is 0.845. The van der Waals surface area contributed by atoms with Crippen molar-refractivity contribution in [3.8, 4) is 5.75 Å². The van der Waals surface area contributed by atoms with Gasteiger partial charge in [0, 0.05) is 44.8 Å². The van der Waals surface area contributed by atoms with E-state index in [9.17, 15) is 0 Å². The molecule has 2 rings (SSSR count). The fourth-order valence-electron chi connectivity index (χ4n) is 2.49. The van der Waals surface area contributed by atoms with Crippen molar-refractivity contribution in [3.63, 3.8) is 0 Å². The number of hydrogen-bond donors (Lipinski definition) is 1. The van der Waals surface area contributed by atoms with Gasteiger partial charge in [-0.15, -0.1) is 0 Å². The van der Waals surface area contributed by atoms with Gasteiger partial charge in [0.2, 0.25) is 0 Å². The van der Waals surface area contributed by atoms with E-state index in [0.29, 0.717) is 0 Å². The highest BCUT2D eigenvalue weighted by Crippen LogP contribution is 2.21. The lowest BCUT2D eigenvalue weighted by Crippen LogP contribution is -2.43. The van der Waals surface area contributed by atoms with Gasteiger partial charge < -0.3 is 15.0 Å². The van der Waals surface area contributed by atoms with Crippen LogP contribution >= 0.6 is 0 Å². The Morgan fingerprint density at radius 1 is 1.21 bits per heavy atom. The van der Waals surface area contributed by atoms with Crippen molar-refractivity contribution >= 4 is 0 Å². The maximum absolute atomic E-state index is 5.48. The van der Waals surface area contributed by atoms with E-state index in [1.807, 2.05) is 7.05 Å². The third kappa shape index (κ3) is 3.93. The normalized spacial score (nSPS) is 17.6. The second-order valence-corrected chi connectivity index (χ2v) is 5.26. The van der Waals surface area contributed by atoms with Crippen molar-refractivity contribution in [1.29, 1.82) is 0 Å². The van der Waals surface area contributed by atoms with Gasteiger partial charge in [-0.25, -0.2) is 0 Å². The number of ether oxygens (including phenoxy) is 1. The molecular weight excluding hydrogens is 238 g/mol. The summed E-state index contributed by atoms with van der Waals surface area (Å²) >= 11 is 0. The SMILES string of the molecule is CNCc1ccc(CN2CCN(C)CC2)cc1OC. The fraction of sp³-hybridized carbons (Fsp3) is 0.600. The lowest BCUT2D eigenvalue weighted by Gasteiger charge is -2.32. The predicted molar refractivity (Wildman–Crippen MR) is 78.5 cm³/mol. The monoisotopic (exact) mass is 263 g/mol. The van der Waals surface area contributed by atoms with Crippen molar-refractivity contribution < 1.29 is 4.74 Å². The molecule has 1 aliphatic heterocycles. The lowest BCUT2D eigenvalue weighted by atomic mass is 10.1. The van der Waals surface area contributed by atoms with Crippen LogP contribution in [0.4, 0.5) is 0 Å². The third-order valence-corrected chi connectivity index (χ3v) is 3.72. The molecule has 1 N–H and O–H groups in total. The summed E-state index contributed by atoms with van der Waals surface area (Å²) in [4.78, 5) is 4.89. The molecule has 0 saturated carbocycles. The molecule has 4 nitrogen and oxygen atoms in total. The first-order valence-corrected chi connectivity index (χ1v) is 6.94. The van der Waals surface area contributed by atoms with Crippen LogP contribution in [0.2, 0.25) is 0 Å². The summed E-state index contributed by atoms with van der Waals surface area (Å²) in [5.41, 5.74) is 2.55. The molecule has 19 heavy (non-hydrogen) atoms. The number of rotatable bonds is 5. The minimum absolute atomic E-state index is 0.845. The number of hydrogen-bond acceptors (Lipinski definition) is 4. The van der Waals surface area contributed by atoms with Crippen molar-refractivity contribution in [3.05, 3.63) is 29.3 Å². The van der Waals surface area contributed by atoms with E-state index in [-0.39, 0.29) is 0 Å². The average Bonchev–Trinajstić information content (AvgIpc) is 2.43. The van der Waals surface area contributed by atoms with E-state index in [2.05, 4.69) is 40.4 Å². The number of piperazine rings is 1. The van der Waals surface area contributed by atoms with Crippen LogP contribution in [0.1, 0.15) is 11.1 Å². The molecule has 0 aliphatic carbocycles. The van der Waals surface area contributed by atoms with E-state index in [1.165, 1.54) is 11.1 Å². The van der Waals surface area contributed by atoms with Crippen LogP contribution < -0.4 is 10.1 Å². The summed E-state index contributed by atoms with van der Waals surface area (Å²) in [6.07, 6.45) is 0. The van der Waals surface area contributed by atoms with Crippen LogP contribution in [0, 0.1) is 0 Å². The molecule has 0 unspecified atom stereocenters. The molecule has 0 radical (unpaired) electrons. The largest absolute Gasteiger partial charge is 0.496 e. The molecule has 0 bridgehead atoms. The predicted octanol–water partition coefficient (Wildman–Crippen LogP) is 1.16. The molecule has 4 heteroatoms. The van der Waals surface area contributed by atoms with E-state index >= 15 is 0 Å². The summed E-state index contributed by atoms with van der Waals surface area (Å²) in [6.45, 7) is 6.49. The quantitative estimate of drug-likeness (QED) is 0.863. The fourth-order valence-corrected chi connectivity index (χ4v) is 2.49. The molecule has 0 spiro atoms. The Hall–Kier alpha value is -1.10. The maximum Gasteiger partial charge on any atom is 0.123 e. The zero-order valence-electron chi connectivity index (χ0n) is 12.3. The molecule has 0 aromatic heterocycles. The standard InChI is InChI=1S/C15H25N3O/c1-16-11-14-5-4-13(10-15(14)19-3)12-18-8-6-17(2)7-9-18/h4-5,10,16H,6-9,11-12H2,1-3H3. The Labute approximate surface area is 116 Å². The van der Waals surface area contributed by atoms with Crippen molar-refractivity contribution in [2.75, 3.05) is 47.4 Å². The highest BCUT2D eigenvalue weighted by molar-refractivity contribution is 5.37. The zero-order chi connectivity index (χ0) is 13.7. The summed E-state index contributed by atoms with van der Waals surface area (Å²) in [5.74, 6) is 0.987. The second kappa shape index (κ2) is 6.89. The van der Waals surface area contributed by atoms with Crippen LogP contribution in [-0.2, 0) is 13.1 Å². The number of nitrogens with one attached hydrogen (secondary N) is 1. The molecule has 1 fully saturated rings. The first-order valence-electron chi connectivity index (χ1n) is 6.94. The molecule has 0 atom stereocenters. The van der Waals surface area contributed by atoms with E-state index in [4.69, 9.17) is 4.74 Å². The molecule has 1 saturated heterocycles. The summed E-state index contributed by atoms with van der Waals surface area (Å²) in [6, 6.07) is 6.55. The summed E-state index contributed by atoms with van der Waals surface area (Å²) in [7, 11) is 5.89. The second-order valence-electron chi connectivity index (χ2n) is 5.26. The Balaban J connectivity index is 2.00. The molecule has 1 aromatic carbocycles. The van der Waals surface area contributed by atoms with Gasteiger partial charge in [-0.3, -0.25) is 4.90 Å². The molecule has 1 aliphatic rings. The summed E-state index contributed by atoms with van der Waals surface area (Å²) < 4.78 is 5.48. The Morgan fingerprint density at radius 3 is 2.58 bits per heavy atom. The number of methoxy groups -OCH3 is 1. The Bertz CT molecular complexity index is 400. The molecule has 106 valence electrons. The van der Waals surface area contributed by atoms with Gasteiger partial charge in [-0.05, 0) is 25.7 Å². The maximum atomic E-state index is 5.48. The van der Waals surface area contributed by atoms with Gasteiger partial charge in [-0.1, -0.05) is 12.1 Å². The average molecular weight is 263 g/mol. The van der Waals surface area contributed by atoms with Crippen LogP contribution in [0.15, 0.2) is 18.2 Å². The van der Waals surface area contributed by atoms with Crippen LogP contribution in [-0.4, -0.2) is 57.2 Å². The van der Waals surface area contributed by atoms with Gasteiger partial charge in [0.05, 0.1) is 7.11 Å².